The zero-order valence-corrected chi connectivity index (χ0v) is 13.2. The zero-order chi connectivity index (χ0) is 14.8. The maximum Gasteiger partial charge on any atom is 0.244 e. The highest BCUT2D eigenvalue weighted by molar-refractivity contribution is 7.89. The van der Waals surface area contributed by atoms with Gasteiger partial charge in [-0.25, -0.2) is 8.42 Å². The van der Waals surface area contributed by atoms with Crippen LogP contribution in [0, 0.1) is 0 Å². The number of rotatable bonds is 5. The molecule has 2 rings (SSSR count). The summed E-state index contributed by atoms with van der Waals surface area (Å²) in [5.74, 6) is 0. The van der Waals surface area contributed by atoms with Gasteiger partial charge in [0.1, 0.15) is 4.90 Å². The van der Waals surface area contributed by atoms with Gasteiger partial charge < -0.3 is 9.88 Å². The Kier molecular flexibility index (Phi) is 4.67. The first-order valence-electron chi connectivity index (χ1n) is 6.97. The zero-order valence-electron chi connectivity index (χ0n) is 12.4. The van der Waals surface area contributed by atoms with Crippen LogP contribution in [0.3, 0.4) is 0 Å². The second kappa shape index (κ2) is 6.11. The molecule has 1 aromatic heterocycles. The lowest BCUT2D eigenvalue weighted by molar-refractivity contribution is 0.428. The van der Waals surface area contributed by atoms with Gasteiger partial charge in [0.05, 0.1) is 0 Å². The van der Waals surface area contributed by atoms with Crippen molar-refractivity contribution in [2.75, 3.05) is 19.6 Å². The Hall–Kier alpha value is -1.11. The third-order valence-electron chi connectivity index (χ3n) is 3.57. The van der Waals surface area contributed by atoms with Gasteiger partial charge in [0, 0.05) is 38.6 Å². The molecule has 0 aliphatic carbocycles. The largest absolute Gasteiger partial charge is 0.352 e. The van der Waals surface area contributed by atoms with Gasteiger partial charge in [-0.2, -0.15) is 4.31 Å². The van der Waals surface area contributed by atoms with Crippen molar-refractivity contribution in [2.45, 2.75) is 31.7 Å². The van der Waals surface area contributed by atoms with Gasteiger partial charge >= 0.3 is 0 Å². The number of aryl methyl sites for hydroxylation is 1. The van der Waals surface area contributed by atoms with Crippen molar-refractivity contribution >= 4 is 10.0 Å². The van der Waals surface area contributed by atoms with Crippen LogP contribution < -0.4 is 5.32 Å². The molecule has 112 valence electrons. The molecular formula is C14H23N3O2S. The van der Waals surface area contributed by atoms with Crippen molar-refractivity contribution in [2.24, 2.45) is 7.05 Å². The molecule has 0 radical (unpaired) electrons. The number of nitrogens with one attached hydrogen (secondary N) is 1. The molecule has 1 aromatic rings. The van der Waals surface area contributed by atoms with E-state index in [0.29, 0.717) is 24.5 Å². The van der Waals surface area contributed by atoms with Crippen LogP contribution in [-0.2, 0) is 23.6 Å². The van der Waals surface area contributed by atoms with E-state index in [4.69, 9.17) is 0 Å². The van der Waals surface area contributed by atoms with E-state index in [1.54, 1.807) is 16.6 Å². The number of sulfonamides is 1. The molecule has 0 amide bonds. The quantitative estimate of drug-likeness (QED) is 0.838. The van der Waals surface area contributed by atoms with Crippen LogP contribution in [0.4, 0.5) is 0 Å². The smallest absolute Gasteiger partial charge is 0.244 e. The summed E-state index contributed by atoms with van der Waals surface area (Å²) >= 11 is 0. The fourth-order valence-electron chi connectivity index (χ4n) is 2.38. The number of nitrogens with zero attached hydrogens (tertiary/aromatic N) is 2. The summed E-state index contributed by atoms with van der Waals surface area (Å²) < 4.78 is 28.7. The average Bonchev–Trinajstić information content (AvgIpc) is 2.78. The fraction of sp³-hybridized carbons (Fsp3) is 0.571. The first-order valence-corrected chi connectivity index (χ1v) is 8.41. The molecule has 0 fully saturated rings. The number of aromatic nitrogens is 1. The number of hydrogen-bond donors (Lipinski definition) is 1. The molecule has 1 aliphatic heterocycles. The molecule has 2 heterocycles. The maximum absolute atomic E-state index is 12.6. The van der Waals surface area contributed by atoms with E-state index in [9.17, 15) is 8.42 Å². The van der Waals surface area contributed by atoms with Crippen molar-refractivity contribution in [1.82, 2.24) is 14.2 Å². The molecule has 1 N–H and O–H groups in total. The minimum absolute atomic E-state index is 0.391. The van der Waals surface area contributed by atoms with E-state index < -0.39 is 10.0 Å². The lowest BCUT2D eigenvalue weighted by Crippen LogP contribution is -2.35. The predicted octanol–water partition coefficient (Wildman–Crippen LogP) is 1.48. The Balaban J connectivity index is 2.23. The monoisotopic (exact) mass is 297 g/mol. The Bertz CT molecular complexity index is 602. The minimum Gasteiger partial charge on any atom is -0.352 e. The van der Waals surface area contributed by atoms with E-state index in [0.717, 1.165) is 24.2 Å². The molecule has 5 nitrogen and oxygen atoms in total. The minimum atomic E-state index is -3.38. The summed E-state index contributed by atoms with van der Waals surface area (Å²) in [4.78, 5) is 0.391. The molecule has 0 atom stereocenters. The van der Waals surface area contributed by atoms with Crippen LogP contribution in [0.25, 0.3) is 0 Å². The molecule has 0 saturated heterocycles. The normalized spacial score (nSPS) is 17.2. The Morgan fingerprint density at radius 1 is 1.40 bits per heavy atom. The Morgan fingerprint density at radius 2 is 2.15 bits per heavy atom. The van der Waals surface area contributed by atoms with Crippen LogP contribution in [0.5, 0.6) is 0 Å². The van der Waals surface area contributed by atoms with Crippen molar-refractivity contribution < 1.29 is 8.42 Å². The van der Waals surface area contributed by atoms with E-state index in [1.165, 1.54) is 0 Å². The SMILES string of the molecule is CCNCc1cc(S(=O)(=O)N2CCC=C(C)C2)cn1C. The van der Waals surface area contributed by atoms with Gasteiger partial charge in [0.25, 0.3) is 0 Å². The average molecular weight is 297 g/mol. The van der Waals surface area contributed by atoms with Crippen molar-refractivity contribution in [3.63, 3.8) is 0 Å². The summed E-state index contributed by atoms with van der Waals surface area (Å²) in [5, 5.41) is 3.22. The molecule has 1 aliphatic rings. The van der Waals surface area contributed by atoms with Gasteiger partial charge in [0.15, 0.2) is 0 Å². The predicted molar refractivity (Wildman–Crippen MR) is 79.9 cm³/mol. The molecule has 0 unspecified atom stereocenters. The van der Waals surface area contributed by atoms with Gasteiger partial charge in [-0.3, -0.25) is 0 Å². The third-order valence-corrected chi connectivity index (χ3v) is 5.38. The molecule has 0 spiro atoms. The summed E-state index contributed by atoms with van der Waals surface area (Å²) in [6.07, 6.45) is 4.60. The van der Waals surface area contributed by atoms with E-state index in [1.807, 2.05) is 25.5 Å². The lowest BCUT2D eigenvalue weighted by Gasteiger charge is -2.24. The standard InChI is InChI=1S/C14H23N3O2S/c1-4-15-9-13-8-14(11-16(13)3)20(18,19)17-7-5-6-12(2)10-17/h6,8,11,15H,4-5,7,9-10H2,1-3H3. The van der Waals surface area contributed by atoms with Crippen molar-refractivity contribution in [1.29, 1.82) is 0 Å². The maximum atomic E-state index is 12.6. The fourth-order valence-corrected chi connectivity index (χ4v) is 3.97. The van der Waals surface area contributed by atoms with Crippen LogP contribution in [0.1, 0.15) is 26.0 Å². The third kappa shape index (κ3) is 3.13. The lowest BCUT2D eigenvalue weighted by atomic mass is 10.2. The molecule has 0 bridgehead atoms. The van der Waals surface area contributed by atoms with Crippen LogP contribution in [0.2, 0.25) is 0 Å². The van der Waals surface area contributed by atoms with Crippen LogP contribution in [0.15, 0.2) is 28.8 Å². The Morgan fingerprint density at radius 3 is 2.80 bits per heavy atom. The molecule has 0 aromatic carbocycles. The van der Waals surface area contributed by atoms with Crippen molar-refractivity contribution in [3.05, 3.63) is 29.6 Å². The van der Waals surface area contributed by atoms with Gasteiger partial charge in [-0.1, -0.05) is 18.6 Å². The van der Waals surface area contributed by atoms with Gasteiger partial charge in [-0.15, -0.1) is 0 Å². The first kappa shape index (κ1) is 15.3. The van der Waals surface area contributed by atoms with E-state index >= 15 is 0 Å². The highest BCUT2D eigenvalue weighted by atomic mass is 32.2. The second-order valence-electron chi connectivity index (χ2n) is 5.24. The van der Waals surface area contributed by atoms with Crippen molar-refractivity contribution in [3.8, 4) is 0 Å². The summed E-state index contributed by atoms with van der Waals surface area (Å²) in [6.45, 7) is 6.62. The summed E-state index contributed by atoms with van der Waals surface area (Å²) in [6, 6.07) is 1.77. The summed E-state index contributed by atoms with van der Waals surface area (Å²) in [5.41, 5.74) is 2.10. The van der Waals surface area contributed by atoms with E-state index in [-0.39, 0.29) is 0 Å². The summed E-state index contributed by atoms with van der Waals surface area (Å²) in [7, 11) is -1.50. The van der Waals surface area contributed by atoms with E-state index in [2.05, 4.69) is 11.4 Å². The molecule has 20 heavy (non-hydrogen) atoms. The molecular weight excluding hydrogens is 274 g/mol. The van der Waals surface area contributed by atoms with Gasteiger partial charge in [0.2, 0.25) is 10.0 Å². The Labute approximate surface area is 121 Å². The highest BCUT2D eigenvalue weighted by Gasteiger charge is 2.27. The van der Waals surface area contributed by atoms with Crippen LogP contribution >= 0.6 is 0 Å². The molecule has 6 heteroatoms. The topological polar surface area (TPSA) is 54.3 Å². The first-order chi connectivity index (χ1) is 9.45. The molecule has 0 saturated carbocycles. The number of hydrogen-bond acceptors (Lipinski definition) is 3. The van der Waals surface area contributed by atoms with Gasteiger partial charge in [-0.05, 0) is 26.0 Å². The highest BCUT2D eigenvalue weighted by Crippen LogP contribution is 2.22. The second-order valence-corrected chi connectivity index (χ2v) is 7.17. The van der Waals surface area contributed by atoms with Crippen LogP contribution in [-0.4, -0.2) is 36.9 Å².